The van der Waals surface area contributed by atoms with Crippen molar-refractivity contribution in [2.45, 2.75) is 17.4 Å². The maximum atomic E-state index is 12.9. The number of nitrogens with two attached hydrogens (primary N) is 1. The van der Waals surface area contributed by atoms with E-state index >= 15 is 0 Å². The van der Waals surface area contributed by atoms with Crippen molar-refractivity contribution >= 4 is 10.0 Å². The summed E-state index contributed by atoms with van der Waals surface area (Å²) in [6.45, 7) is 0.511. The number of methoxy groups -OCH3 is 1. The molecule has 1 unspecified atom stereocenters. The molecule has 102 valence electrons. The van der Waals surface area contributed by atoms with Crippen LogP contribution in [0.2, 0.25) is 0 Å². The Kier molecular flexibility index (Phi) is 5.60. The normalized spacial score (nSPS) is 13.5. The number of aromatic nitrogens is 1. The molecule has 1 aromatic heterocycles. The van der Waals surface area contributed by atoms with Crippen LogP contribution in [0.25, 0.3) is 0 Å². The number of hydrogen-bond donors (Lipinski definition) is 2. The molecular formula is C10H16FN3O3S. The number of halogens is 1. The van der Waals surface area contributed by atoms with Gasteiger partial charge in [0.1, 0.15) is 10.7 Å². The van der Waals surface area contributed by atoms with Crippen molar-refractivity contribution in [3.8, 4) is 0 Å². The Labute approximate surface area is 105 Å². The Morgan fingerprint density at radius 3 is 2.83 bits per heavy atom. The molecule has 0 aliphatic carbocycles. The van der Waals surface area contributed by atoms with Crippen LogP contribution in [0.3, 0.4) is 0 Å². The first-order chi connectivity index (χ1) is 8.49. The van der Waals surface area contributed by atoms with E-state index in [9.17, 15) is 12.8 Å². The number of ether oxygens (including phenoxy) is 1. The number of nitrogens with one attached hydrogen (secondary N) is 1. The van der Waals surface area contributed by atoms with Crippen molar-refractivity contribution in [3.63, 3.8) is 0 Å². The van der Waals surface area contributed by atoms with Gasteiger partial charge in [-0.25, -0.2) is 17.5 Å². The lowest BCUT2D eigenvalue weighted by molar-refractivity contribution is 0.172. The summed E-state index contributed by atoms with van der Waals surface area (Å²) < 4.78 is 44.1. The molecule has 0 bridgehead atoms. The predicted molar refractivity (Wildman–Crippen MR) is 63.9 cm³/mol. The highest BCUT2D eigenvalue weighted by Crippen LogP contribution is 2.09. The van der Waals surface area contributed by atoms with Gasteiger partial charge < -0.3 is 10.5 Å². The van der Waals surface area contributed by atoms with Crippen molar-refractivity contribution in [1.29, 1.82) is 0 Å². The Hall–Kier alpha value is -1.09. The second kappa shape index (κ2) is 6.74. The van der Waals surface area contributed by atoms with E-state index in [-0.39, 0.29) is 11.5 Å². The maximum Gasteiger partial charge on any atom is 0.242 e. The van der Waals surface area contributed by atoms with E-state index in [1.54, 1.807) is 0 Å². The quantitative estimate of drug-likeness (QED) is 0.723. The van der Waals surface area contributed by atoms with Gasteiger partial charge in [0.05, 0.1) is 12.8 Å². The Balaban J connectivity index is 2.86. The molecule has 8 heteroatoms. The van der Waals surface area contributed by atoms with E-state index < -0.39 is 21.9 Å². The zero-order valence-corrected chi connectivity index (χ0v) is 10.8. The molecular weight excluding hydrogens is 261 g/mol. The lowest BCUT2D eigenvalue weighted by Crippen LogP contribution is -2.39. The largest absolute Gasteiger partial charge is 0.383 e. The number of sulfonamides is 1. The van der Waals surface area contributed by atoms with Crippen LogP contribution in [0.1, 0.15) is 6.42 Å². The lowest BCUT2D eigenvalue weighted by atomic mass is 10.2. The van der Waals surface area contributed by atoms with Gasteiger partial charge in [-0.15, -0.1) is 0 Å². The van der Waals surface area contributed by atoms with E-state index in [0.717, 1.165) is 18.5 Å². The monoisotopic (exact) mass is 277 g/mol. The van der Waals surface area contributed by atoms with Crippen LogP contribution in [0.4, 0.5) is 4.39 Å². The SMILES string of the molecule is COCC(CCN)NS(=O)(=O)c1cncc(F)c1. The number of nitrogens with zero attached hydrogens (tertiary/aromatic N) is 1. The maximum absolute atomic E-state index is 12.9. The summed E-state index contributed by atoms with van der Waals surface area (Å²) in [5.41, 5.74) is 5.38. The highest BCUT2D eigenvalue weighted by Gasteiger charge is 2.20. The van der Waals surface area contributed by atoms with Gasteiger partial charge in [0.25, 0.3) is 0 Å². The first-order valence-corrected chi connectivity index (χ1v) is 6.80. The minimum Gasteiger partial charge on any atom is -0.383 e. The molecule has 1 aromatic rings. The first-order valence-electron chi connectivity index (χ1n) is 5.31. The molecule has 0 radical (unpaired) electrons. The van der Waals surface area contributed by atoms with E-state index in [1.165, 1.54) is 7.11 Å². The van der Waals surface area contributed by atoms with Gasteiger partial charge in [0.15, 0.2) is 0 Å². The molecule has 0 aliphatic rings. The van der Waals surface area contributed by atoms with Crippen LogP contribution in [-0.4, -0.2) is 39.7 Å². The molecule has 18 heavy (non-hydrogen) atoms. The van der Waals surface area contributed by atoms with Crippen molar-refractivity contribution in [1.82, 2.24) is 9.71 Å². The minimum atomic E-state index is -3.81. The Morgan fingerprint density at radius 2 is 2.28 bits per heavy atom. The molecule has 1 heterocycles. The van der Waals surface area contributed by atoms with Gasteiger partial charge >= 0.3 is 0 Å². The smallest absolute Gasteiger partial charge is 0.242 e. The second-order valence-corrected chi connectivity index (χ2v) is 5.40. The van der Waals surface area contributed by atoms with Crippen LogP contribution in [0, 0.1) is 5.82 Å². The first kappa shape index (κ1) is 15.0. The highest BCUT2D eigenvalue weighted by molar-refractivity contribution is 7.89. The van der Waals surface area contributed by atoms with E-state index in [4.69, 9.17) is 10.5 Å². The van der Waals surface area contributed by atoms with Crippen LogP contribution in [-0.2, 0) is 14.8 Å². The van der Waals surface area contributed by atoms with Crippen molar-refractivity contribution in [2.24, 2.45) is 5.73 Å². The molecule has 0 aliphatic heterocycles. The molecule has 0 saturated heterocycles. The third-order valence-electron chi connectivity index (χ3n) is 2.19. The number of rotatable bonds is 7. The lowest BCUT2D eigenvalue weighted by Gasteiger charge is -2.16. The predicted octanol–water partition coefficient (Wildman–Crippen LogP) is -0.137. The third kappa shape index (κ3) is 4.30. The zero-order valence-electron chi connectivity index (χ0n) is 9.97. The van der Waals surface area contributed by atoms with Crippen molar-refractivity contribution in [3.05, 3.63) is 24.3 Å². The molecule has 0 fully saturated rings. The van der Waals surface area contributed by atoms with Gasteiger partial charge in [-0.2, -0.15) is 0 Å². The van der Waals surface area contributed by atoms with Gasteiger partial charge in [0.2, 0.25) is 10.0 Å². The second-order valence-electron chi connectivity index (χ2n) is 3.69. The van der Waals surface area contributed by atoms with E-state index in [2.05, 4.69) is 9.71 Å². The van der Waals surface area contributed by atoms with Crippen molar-refractivity contribution in [2.75, 3.05) is 20.3 Å². The topological polar surface area (TPSA) is 94.3 Å². The van der Waals surface area contributed by atoms with Gasteiger partial charge in [-0.05, 0) is 19.0 Å². The van der Waals surface area contributed by atoms with E-state index in [1.807, 2.05) is 0 Å². The van der Waals surface area contributed by atoms with Crippen LogP contribution < -0.4 is 10.5 Å². The summed E-state index contributed by atoms with van der Waals surface area (Å²) >= 11 is 0. The molecule has 1 rings (SSSR count). The standard InChI is InChI=1S/C10H16FN3O3S/c1-17-7-9(2-3-12)14-18(15,16)10-4-8(11)5-13-6-10/h4-6,9,14H,2-3,7,12H2,1H3. The summed E-state index contributed by atoms with van der Waals surface area (Å²) in [7, 11) is -2.35. The summed E-state index contributed by atoms with van der Waals surface area (Å²) in [4.78, 5) is 3.28. The summed E-state index contributed by atoms with van der Waals surface area (Å²) in [5, 5.41) is 0. The third-order valence-corrected chi connectivity index (χ3v) is 3.68. The fourth-order valence-corrected chi connectivity index (χ4v) is 2.63. The van der Waals surface area contributed by atoms with Gasteiger partial charge in [-0.3, -0.25) is 4.98 Å². The molecule has 0 saturated carbocycles. The van der Waals surface area contributed by atoms with Crippen LogP contribution in [0.5, 0.6) is 0 Å². The Morgan fingerprint density at radius 1 is 1.56 bits per heavy atom. The fraction of sp³-hybridized carbons (Fsp3) is 0.500. The summed E-state index contributed by atoms with van der Waals surface area (Å²) in [5.74, 6) is -0.708. The fourth-order valence-electron chi connectivity index (χ4n) is 1.41. The van der Waals surface area contributed by atoms with Gasteiger partial charge in [-0.1, -0.05) is 0 Å². The molecule has 0 spiro atoms. The zero-order chi connectivity index (χ0) is 13.6. The minimum absolute atomic E-state index is 0.194. The highest BCUT2D eigenvalue weighted by atomic mass is 32.2. The van der Waals surface area contributed by atoms with Gasteiger partial charge in [0, 0.05) is 19.3 Å². The molecule has 0 aromatic carbocycles. The van der Waals surface area contributed by atoms with Crippen LogP contribution >= 0.6 is 0 Å². The van der Waals surface area contributed by atoms with Crippen molar-refractivity contribution < 1.29 is 17.5 Å². The number of pyridine rings is 1. The number of hydrogen-bond acceptors (Lipinski definition) is 5. The molecule has 3 N–H and O–H groups in total. The summed E-state index contributed by atoms with van der Waals surface area (Å²) in [6.07, 6.45) is 2.44. The van der Waals surface area contributed by atoms with E-state index in [0.29, 0.717) is 13.0 Å². The molecule has 6 nitrogen and oxygen atoms in total. The Bertz CT molecular complexity index is 475. The molecule has 0 amide bonds. The molecule has 1 atom stereocenters. The average molecular weight is 277 g/mol. The summed E-state index contributed by atoms with van der Waals surface area (Å²) in [6, 6.07) is 0.454. The average Bonchev–Trinajstić information content (AvgIpc) is 2.29. The van der Waals surface area contributed by atoms with Crippen LogP contribution in [0.15, 0.2) is 23.4 Å².